The van der Waals surface area contributed by atoms with Gasteiger partial charge in [0.1, 0.15) is 0 Å². The normalized spacial score (nSPS) is 15.7. The summed E-state index contributed by atoms with van der Waals surface area (Å²) in [5, 5.41) is 12.1. The fourth-order valence-corrected chi connectivity index (χ4v) is 0.903. The molecule has 0 spiro atoms. The molecule has 2 atom stereocenters. The fourth-order valence-electron chi connectivity index (χ4n) is 0.903. The van der Waals surface area contributed by atoms with Crippen molar-refractivity contribution in [2.24, 2.45) is 11.8 Å². The van der Waals surface area contributed by atoms with E-state index in [2.05, 4.69) is 39.1 Å². The predicted octanol–water partition coefficient (Wildman–Crippen LogP) is 2.17. The minimum Gasteiger partial charge on any atom is -0.313 e. The Bertz CT molecular complexity index is 146. The standard InChI is InChI=1S/C10H20N2/c1-5-9(4)12-7-10(6-11)8(2)3/h8-10,12H,5,7H2,1-4H3. The molecule has 2 nitrogen and oxygen atoms in total. The van der Waals surface area contributed by atoms with Crippen molar-refractivity contribution in [1.82, 2.24) is 5.32 Å². The third-order valence-electron chi connectivity index (χ3n) is 2.27. The van der Waals surface area contributed by atoms with Crippen LogP contribution in [0.3, 0.4) is 0 Å². The maximum absolute atomic E-state index is 8.79. The highest BCUT2D eigenvalue weighted by atomic mass is 14.9. The van der Waals surface area contributed by atoms with Crippen molar-refractivity contribution in [1.29, 1.82) is 5.26 Å². The van der Waals surface area contributed by atoms with Crippen molar-refractivity contribution in [3.8, 4) is 6.07 Å². The van der Waals surface area contributed by atoms with E-state index in [-0.39, 0.29) is 5.92 Å². The van der Waals surface area contributed by atoms with Gasteiger partial charge in [0, 0.05) is 12.6 Å². The fraction of sp³-hybridized carbons (Fsp3) is 0.900. The topological polar surface area (TPSA) is 35.8 Å². The van der Waals surface area contributed by atoms with Gasteiger partial charge in [-0.25, -0.2) is 0 Å². The van der Waals surface area contributed by atoms with Crippen molar-refractivity contribution >= 4 is 0 Å². The molecule has 0 amide bonds. The Hall–Kier alpha value is -0.550. The third-order valence-corrected chi connectivity index (χ3v) is 2.27. The number of nitriles is 1. The minimum atomic E-state index is 0.152. The molecule has 0 radical (unpaired) electrons. The molecule has 0 aromatic carbocycles. The monoisotopic (exact) mass is 168 g/mol. The van der Waals surface area contributed by atoms with E-state index in [1.54, 1.807) is 0 Å². The summed E-state index contributed by atoms with van der Waals surface area (Å²) in [6, 6.07) is 2.85. The van der Waals surface area contributed by atoms with Crippen LogP contribution in [0.5, 0.6) is 0 Å². The molecule has 0 aliphatic heterocycles. The van der Waals surface area contributed by atoms with Gasteiger partial charge in [-0.3, -0.25) is 0 Å². The lowest BCUT2D eigenvalue weighted by Gasteiger charge is -2.17. The lowest BCUT2D eigenvalue weighted by atomic mass is 9.97. The van der Waals surface area contributed by atoms with Gasteiger partial charge < -0.3 is 5.32 Å². The van der Waals surface area contributed by atoms with Gasteiger partial charge in [0.25, 0.3) is 0 Å². The summed E-state index contributed by atoms with van der Waals surface area (Å²) in [6.45, 7) is 9.30. The summed E-state index contributed by atoms with van der Waals surface area (Å²) in [7, 11) is 0. The Labute approximate surface area is 76.0 Å². The summed E-state index contributed by atoms with van der Waals surface area (Å²) in [5.41, 5.74) is 0. The minimum absolute atomic E-state index is 0.152. The first kappa shape index (κ1) is 11.4. The Morgan fingerprint density at radius 1 is 1.33 bits per heavy atom. The molecular weight excluding hydrogens is 148 g/mol. The molecule has 12 heavy (non-hydrogen) atoms. The Kier molecular flexibility index (Phi) is 5.74. The molecule has 2 heteroatoms. The number of nitrogens with zero attached hydrogens (tertiary/aromatic N) is 1. The SMILES string of the molecule is CCC(C)NCC(C#N)C(C)C. The van der Waals surface area contributed by atoms with E-state index in [0.29, 0.717) is 12.0 Å². The van der Waals surface area contributed by atoms with Crippen LogP contribution in [0.4, 0.5) is 0 Å². The quantitative estimate of drug-likeness (QED) is 0.683. The first-order chi connectivity index (χ1) is 5.61. The van der Waals surface area contributed by atoms with Gasteiger partial charge in [-0.1, -0.05) is 20.8 Å². The molecule has 0 saturated heterocycles. The average molecular weight is 168 g/mol. The van der Waals surface area contributed by atoms with E-state index in [9.17, 15) is 0 Å². The molecule has 0 aromatic heterocycles. The third kappa shape index (κ3) is 4.35. The lowest BCUT2D eigenvalue weighted by Crippen LogP contribution is -2.32. The van der Waals surface area contributed by atoms with Gasteiger partial charge >= 0.3 is 0 Å². The first-order valence-electron chi connectivity index (χ1n) is 4.74. The molecule has 0 aliphatic rings. The van der Waals surface area contributed by atoms with Crippen molar-refractivity contribution < 1.29 is 0 Å². The molecule has 0 aromatic rings. The lowest BCUT2D eigenvalue weighted by molar-refractivity contribution is 0.411. The molecule has 0 bridgehead atoms. The number of nitrogens with one attached hydrogen (secondary N) is 1. The van der Waals surface area contributed by atoms with E-state index in [0.717, 1.165) is 13.0 Å². The van der Waals surface area contributed by atoms with Crippen LogP contribution in [0.15, 0.2) is 0 Å². The van der Waals surface area contributed by atoms with E-state index in [1.165, 1.54) is 0 Å². The molecule has 0 heterocycles. The molecule has 0 aliphatic carbocycles. The largest absolute Gasteiger partial charge is 0.313 e. The van der Waals surface area contributed by atoms with Crippen molar-refractivity contribution in [2.45, 2.75) is 40.2 Å². The second kappa shape index (κ2) is 6.02. The van der Waals surface area contributed by atoms with E-state index in [1.807, 2.05) is 0 Å². The molecule has 0 rings (SSSR count). The highest BCUT2D eigenvalue weighted by molar-refractivity contribution is 4.86. The number of hydrogen-bond donors (Lipinski definition) is 1. The van der Waals surface area contributed by atoms with Crippen LogP contribution in [0, 0.1) is 23.2 Å². The van der Waals surface area contributed by atoms with Gasteiger partial charge in [0.2, 0.25) is 0 Å². The van der Waals surface area contributed by atoms with Crippen molar-refractivity contribution in [3.63, 3.8) is 0 Å². The second-order valence-electron chi connectivity index (χ2n) is 3.70. The summed E-state index contributed by atoms with van der Waals surface area (Å²) in [5.74, 6) is 0.602. The van der Waals surface area contributed by atoms with Gasteiger partial charge in [-0.15, -0.1) is 0 Å². The van der Waals surface area contributed by atoms with E-state index >= 15 is 0 Å². The molecule has 1 N–H and O–H groups in total. The Morgan fingerprint density at radius 3 is 2.25 bits per heavy atom. The van der Waals surface area contributed by atoms with Gasteiger partial charge in [-0.05, 0) is 19.3 Å². The zero-order chi connectivity index (χ0) is 9.56. The molecule has 0 saturated carbocycles. The van der Waals surface area contributed by atoms with Gasteiger partial charge in [0.15, 0.2) is 0 Å². The van der Waals surface area contributed by atoms with Crippen LogP contribution in [0.2, 0.25) is 0 Å². The van der Waals surface area contributed by atoms with E-state index in [4.69, 9.17) is 5.26 Å². The first-order valence-corrected chi connectivity index (χ1v) is 4.74. The zero-order valence-electron chi connectivity index (χ0n) is 8.59. The Morgan fingerprint density at radius 2 is 1.92 bits per heavy atom. The van der Waals surface area contributed by atoms with Crippen LogP contribution in [0.1, 0.15) is 34.1 Å². The Balaban J connectivity index is 3.67. The van der Waals surface area contributed by atoms with Gasteiger partial charge in [-0.2, -0.15) is 5.26 Å². The summed E-state index contributed by atoms with van der Waals surface area (Å²) >= 11 is 0. The van der Waals surface area contributed by atoms with Crippen molar-refractivity contribution in [3.05, 3.63) is 0 Å². The van der Waals surface area contributed by atoms with Crippen LogP contribution in [0.25, 0.3) is 0 Å². The summed E-state index contributed by atoms with van der Waals surface area (Å²) in [4.78, 5) is 0. The van der Waals surface area contributed by atoms with Crippen LogP contribution in [-0.2, 0) is 0 Å². The molecule has 2 unspecified atom stereocenters. The van der Waals surface area contributed by atoms with Gasteiger partial charge in [0.05, 0.1) is 12.0 Å². The highest BCUT2D eigenvalue weighted by Gasteiger charge is 2.12. The average Bonchev–Trinajstić information content (AvgIpc) is 2.04. The zero-order valence-corrected chi connectivity index (χ0v) is 8.59. The maximum Gasteiger partial charge on any atom is 0.0671 e. The van der Waals surface area contributed by atoms with Crippen molar-refractivity contribution in [2.75, 3.05) is 6.54 Å². The molecular formula is C10H20N2. The smallest absolute Gasteiger partial charge is 0.0671 e. The highest BCUT2D eigenvalue weighted by Crippen LogP contribution is 2.08. The number of hydrogen-bond acceptors (Lipinski definition) is 2. The maximum atomic E-state index is 8.79. The summed E-state index contributed by atoms with van der Waals surface area (Å²) < 4.78 is 0. The van der Waals surface area contributed by atoms with Crippen LogP contribution >= 0.6 is 0 Å². The predicted molar refractivity (Wildman–Crippen MR) is 51.7 cm³/mol. The summed E-state index contributed by atoms with van der Waals surface area (Å²) in [6.07, 6.45) is 1.12. The molecule has 70 valence electrons. The van der Waals surface area contributed by atoms with Crippen LogP contribution < -0.4 is 5.32 Å². The van der Waals surface area contributed by atoms with Crippen LogP contribution in [-0.4, -0.2) is 12.6 Å². The number of rotatable bonds is 5. The second-order valence-corrected chi connectivity index (χ2v) is 3.70. The van der Waals surface area contributed by atoms with E-state index < -0.39 is 0 Å². The molecule has 0 fully saturated rings.